The van der Waals surface area contributed by atoms with Gasteiger partial charge in [0.15, 0.2) is 0 Å². The van der Waals surface area contributed by atoms with Crippen molar-refractivity contribution in [3.8, 4) is 0 Å². The van der Waals surface area contributed by atoms with Gasteiger partial charge in [0.1, 0.15) is 0 Å². The van der Waals surface area contributed by atoms with Gasteiger partial charge in [-0.15, -0.1) is 22.9 Å². The number of hydrogen-bond acceptors (Lipinski definition) is 2. The molecule has 0 unspecified atom stereocenters. The molecule has 0 atom stereocenters. The first-order chi connectivity index (χ1) is 7.28. The lowest BCUT2D eigenvalue weighted by Gasteiger charge is -1.97. The van der Waals surface area contributed by atoms with Crippen LogP contribution in [0.3, 0.4) is 0 Å². The molecule has 15 heavy (non-hydrogen) atoms. The Morgan fingerprint density at radius 1 is 1.33 bits per heavy atom. The van der Waals surface area contributed by atoms with Gasteiger partial charge in [-0.1, -0.05) is 23.7 Å². The fraction of sp³-hybridized carbons (Fsp3) is 0.182. The zero-order chi connectivity index (χ0) is 10.7. The van der Waals surface area contributed by atoms with Crippen LogP contribution in [0.5, 0.6) is 0 Å². The molecular formula is C11H9Cl2NS. The van der Waals surface area contributed by atoms with Gasteiger partial charge >= 0.3 is 0 Å². The van der Waals surface area contributed by atoms with E-state index in [1.165, 1.54) is 5.56 Å². The van der Waals surface area contributed by atoms with E-state index in [4.69, 9.17) is 23.2 Å². The van der Waals surface area contributed by atoms with Gasteiger partial charge < -0.3 is 0 Å². The first-order valence-corrected chi connectivity index (χ1v) is 6.25. The molecule has 2 rings (SSSR count). The van der Waals surface area contributed by atoms with Crippen LogP contribution in [0.4, 0.5) is 0 Å². The van der Waals surface area contributed by atoms with Gasteiger partial charge in [-0.3, -0.25) is 0 Å². The molecule has 0 amide bonds. The highest BCUT2D eigenvalue weighted by Gasteiger charge is 2.02. The Morgan fingerprint density at radius 2 is 2.20 bits per heavy atom. The second-order valence-electron chi connectivity index (χ2n) is 3.16. The average Bonchev–Trinajstić information content (AvgIpc) is 2.65. The van der Waals surface area contributed by atoms with E-state index >= 15 is 0 Å². The van der Waals surface area contributed by atoms with E-state index in [1.807, 2.05) is 30.5 Å². The summed E-state index contributed by atoms with van der Waals surface area (Å²) in [7, 11) is 0. The Bertz CT molecular complexity index is 453. The molecule has 0 aliphatic carbocycles. The van der Waals surface area contributed by atoms with E-state index in [0.29, 0.717) is 5.88 Å². The van der Waals surface area contributed by atoms with Gasteiger partial charge in [0.2, 0.25) is 0 Å². The number of halogens is 2. The van der Waals surface area contributed by atoms with E-state index in [-0.39, 0.29) is 0 Å². The highest BCUT2D eigenvalue weighted by molar-refractivity contribution is 7.11. The summed E-state index contributed by atoms with van der Waals surface area (Å²) in [6.45, 7) is 0. The van der Waals surface area contributed by atoms with Crippen LogP contribution in [0, 0.1) is 0 Å². The van der Waals surface area contributed by atoms with Crippen molar-refractivity contribution in [2.45, 2.75) is 12.3 Å². The summed E-state index contributed by atoms with van der Waals surface area (Å²) in [4.78, 5) is 5.41. The van der Waals surface area contributed by atoms with Crippen LogP contribution in [-0.2, 0) is 12.3 Å². The normalized spacial score (nSPS) is 10.5. The Morgan fingerprint density at radius 3 is 2.87 bits per heavy atom. The third-order valence-electron chi connectivity index (χ3n) is 1.98. The Hall–Kier alpha value is -0.570. The summed E-state index contributed by atoms with van der Waals surface area (Å²) in [6, 6.07) is 7.84. The number of alkyl halides is 1. The molecule has 0 N–H and O–H groups in total. The van der Waals surface area contributed by atoms with E-state index < -0.39 is 0 Å². The van der Waals surface area contributed by atoms with Gasteiger partial charge in [-0.05, 0) is 17.7 Å². The first kappa shape index (κ1) is 10.9. The van der Waals surface area contributed by atoms with Crippen LogP contribution in [0.1, 0.15) is 15.4 Å². The summed E-state index contributed by atoms with van der Waals surface area (Å²) < 4.78 is 0. The van der Waals surface area contributed by atoms with E-state index in [0.717, 1.165) is 21.3 Å². The number of rotatable bonds is 3. The number of benzene rings is 1. The summed E-state index contributed by atoms with van der Waals surface area (Å²) >= 11 is 13.3. The maximum atomic E-state index is 5.91. The minimum Gasteiger partial charge on any atom is -0.249 e. The van der Waals surface area contributed by atoms with Gasteiger partial charge in [0.05, 0.1) is 10.9 Å². The SMILES string of the molecule is ClCc1cnc(Cc2cccc(Cl)c2)s1. The van der Waals surface area contributed by atoms with Crippen molar-refractivity contribution in [3.63, 3.8) is 0 Å². The fourth-order valence-corrected chi connectivity index (χ4v) is 2.57. The fourth-order valence-electron chi connectivity index (χ4n) is 1.31. The van der Waals surface area contributed by atoms with Gasteiger partial charge in [-0.2, -0.15) is 0 Å². The molecule has 1 nitrogen and oxygen atoms in total. The molecule has 1 aromatic carbocycles. The highest BCUT2D eigenvalue weighted by Crippen LogP contribution is 2.19. The molecule has 0 bridgehead atoms. The van der Waals surface area contributed by atoms with Crippen molar-refractivity contribution in [1.82, 2.24) is 4.98 Å². The third kappa shape index (κ3) is 2.94. The van der Waals surface area contributed by atoms with Crippen LogP contribution in [0.25, 0.3) is 0 Å². The number of nitrogens with zero attached hydrogens (tertiary/aromatic N) is 1. The quantitative estimate of drug-likeness (QED) is 0.754. The molecule has 0 saturated heterocycles. The lowest BCUT2D eigenvalue weighted by molar-refractivity contribution is 1.13. The summed E-state index contributed by atoms with van der Waals surface area (Å²) in [5.74, 6) is 0.535. The molecule has 1 aromatic heterocycles. The molecular weight excluding hydrogens is 249 g/mol. The number of aromatic nitrogens is 1. The summed E-state index contributed by atoms with van der Waals surface area (Å²) in [5, 5.41) is 1.84. The standard InChI is InChI=1S/C11H9Cl2NS/c12-6-10-7-14-11(15-10)5-8-2-1-3-9(13)4-8/h1-4,7H,5-6H2. The maximum absolute atomic E-state index is 5.91. The van der Waals surface area contributed by atoms with Crippen molar-refractivity contribution in [2.24, 2.45) is 0 Å². The molecule has 0 aliphatic heterocycles. The predicted octanol–water partition coefficient (Wildman–Crippen LogP) is 4.13. The van der Waals surface area contributed by atoms with E-state index in [1.54, 1.807) is 11.3 Å². The molecule has 0 aliphatic rings. The summed E-state index contributed by atoms with van der Waals surface area (Å²) in [6.07, 6.45) is 2.65. The lowest BCUT2D eigenvalue weighted by atomic mass is 10.2. The minimum atomic E-state index is 0.535. The van der Waals surface area contributed by atoms with Crippen molar-refractivity contribution in [3.05, 3.63) is 50.9 Å². The van der Waals surface area contributed by atoms with Crippen LogP contribution < -0.4 is 0 Å². The van der Waals surface area contributed by atoms with Crippen molar-refractivity contribution < 1.29 is 0 Å². The smallest absolute Gasteiger partial charge is 0.0971 e. The Balaban J connectivity index is 2.14. The first-order valence-electron chi connectivity index (χ1n) is 4.52. The highest BCUT2D eigenvalue weighted by atomic mass is 35.5. The van der Waals surface area contributed by atoms with Crippen LogP contribution in [-0.4, -0.2) is 4.98 Å². The number of hydrogen-bond donors (Lipinski definition) is 0. The van der Waals surface area contributed by atoms with E-state index in [9.17, 15) is 0 Å². The molecule has 2 aromatic rings. The van der Waals surface area contributed by atoms with Gasteiger partial charge in [0.25, 0.3) is 0 Å². The average molecular weight is 258 g/mol. The topological polar surface area (TPSA) is 12.9 Å². The van der Waals surface area contributed by atoms with Crippen LogP contribution in [0.2, 0.25) is 5.02 Å². The minimum absolute atomic E-state index is 0.535. The molecule has 78 valence electrons. The molecule has 4 heteroatoms. The largest absolute Gasteiger partial charge is 0.249 e. The third-order valence-corrected chi connectivity index (χ3v) is 3.66. The molecule has 0 spiro atoms. The lowest BCUT2D eigenvalue weighted by Crippen LogP contribution is -1.85. The molecule has 0 saturated carbocycles. The number of thiazole rings is 1. The van der Waals surface area contributed by atoms with Crippen LogP contribution in [0.15, 0.2) is 30.5 Å². The Kier molecular flexibility index (Phi) is 3.62. The maximum Gasteiger partial charge on any atom is 0.0971 e. The van der Waals surface area contributed by atoms with Gasteiger partial charge in [0, 0.05) is 22.5 Å². The second kappa shape index (κ2) is 4.97. The van der Waals surface area contributed by atoms with E-state index in [2.05, 4.69) is 4.98 Å². The predicted molar refractivity (Wildman–Crippen MR) is 65.9 cm³/mol. The monoisotopic (exact) mass is 257 g/mol. The van der Waals surface area contributed by atoms with Crippen LogP contribution >= 0.6 is 34.5 Å². The van der Waals surface area contributed by atoms with Crippen molar-refractivity contribution in [1.29, 1.82) is 0 Å². The van der Waals surface area contributed by atoms with Crippen molar-refractivity contribution >= 4 is 34.5 Å². The molecule has 0 fully saturated rings. The Labute approximate surface area is 103 Å². The zero-order valence-electron chi connectivity index (χ0n) is 7.91. The van der Waals surface area contributed by atoms with Gasteiger partial charge in [-0.25, -0.2) is 4.98 Å². The summed E-state index contributed by atoms with van der Waals surface area (Å²) in [5.41, 5.74) is 1.18. The second-order valence-corrected chi connectivity index (χ2v) is 5.06. The molecule has 1 heterocycles. The van der Waals surface area contributed by atoms with Crippen molar-refractivity contribution in [2.75, 3.05) is 0 Å². The zero-order valence-corrected chi connectivity index (χ0v) is 10.2. The molecule has 0 radical (unpaired) electrons.